The second kappa shape index (κ2) is 14.2. The van der Waals surface area contributed by atoms with Crippen LogP contribution in [0.15, 0.2) is 35.7 Å². The number of hydrogen-bond acceptors (Lipinski definition) is 10. The summed E-state index contributed by atoms with van der Waals surface area (Å²) in [4.78, 5) is 39.2. The van der Waals surface area contributed by atoms with Crippen molar-refractivity contribution in [1.29, 1.82) is 0 Å². The standard InChI is InChI=1S/C34H38ClF3N6O7S2/c1-43-12-6-4-3-5-7-18-15-33(18,31(46)42-53(48,49)20-8-9-20)41-32(47)44-16-19(13-23(44)30(43)45)51-25-14-22(29-40-26(17-52-29)34(36,37)38)39-28-21(25)10-11-24(50-2)27(28)35/h5,7,10-11,14,17-20,23,31,42,46H,3-4,6,8-9,12-13,15-16H2,1-2H3,(H,41,47)/b7-5-/t18?,19-,23-,31?,33+/m0/s1. The highest BCUT2D eigenvalue weighted by molar-refractivity contribution is 7.90. The molecule has 13 nitrogen and oxygen atoms in total. The van der Waals surface area contributed by atoms with Gasteiger partial charge in [-0.25, -0.2) is 23.2 Å². The Morgan fingerprint density at radius 1 is 1.19 bits per heavy atom. The van der Waals surface area contributed by atoms with Crippen LogP contribution in [-0.2, 0) is 21.0 Å². The van der Waals surface area contributed by atoms with E-state index in [1.165, 1.54) is 18.1 Å². The molecule has 3 fully saturated rings. The van der Waals surface area contributed by atoms with Crippen molar-refractivity contribution < 1.29 is 45.8 Å². The van der Waals surface area contributed by atoms with Gasteiger partial charge in [-0.3, -0.25) is 4.79 Å². The van der Waals surface area contributed by atoms with Gasteiger partial charge in [-0.15, -0.1) is 11.3 Å². The summed E-state index contributed by atoms with van der Waals surface area (Å²) in [5.74, 6) is -0.226. The lowest BCUT2D eigenvalue weighted by Crippen LogP contribution is -2.59. The van der Waals surface area contributed by atoms with E-state index in [1.54, 1.807) is 24.1 Å². The van der Waals surface area contributed by atoms with Gasteiger partial charge in [0.2, 0.25) is 15.9 Å². The SMILES string of the molecule is COc1ccc2c(O[C@H]3C[C@H]4C(=O)N(C)CCCC/C=C\C5C[C@@]5(C(O)NS(=O)(=O)C5CC5)NC(=O)N4C3)cc(-c3nc(C(F)(F)F)cs3)nc2c1Cl. The number of carbonyl (C=O) groups excluding carboxylic acids is 2. The van der Waals surface area contributed by atoms with Crippen LogP contribution in [-0.4, -0.2) is 102 Å². The number of pyridine rings is 1. The van der Waals surface area contributed by atoms with Crippen LogP contribution in [0.25, 0.3) is 21.6 Å². The lowest BCUT2D eigenvalue weighted by molar-refractivity contribution is -0.140. The normalized spacial score (nSPS) is 26.7. The van der Waals surface area contributed by atoms with E-state index in [-0.39, 0.29) is 64.0 Å². The number of ether oxygens (including phenoxy) is 2. The molecule has 1 aromatic carbocycles. The number of thiazole rings is 1. The van der Waals surface area contributed by atoms with Gasteiger partial charge in [0.1, 0.15) is 45.6 Å². The highest BCUT2D eigenvalue weighted by Crippen LogP contribution is 2.48. The van der Waals surface area contributed by atoms with Crippen molar-refractivity contribution in [2.24, 2.45) is 5.92 Å². The zero-order chi connectivity index (χ0) is 37.9. The van der Waals surface area contributed by atoms with E-state index >= 15 is 0 Å². The van der Waals surface area contributed by atoms with E-state index in [1.807, 2.05) is 12.2 Å². The lowest BCUT2D eigenvalue weighted by atomic mass is 10.1. The zero-order valence-corrected chi connectivity index (χ0v) is 31.1. The van der Waals surface area contributed by atoms with E-state index < -0.39 is 57.1 Å². The van der Waals surface area contributed by atoms with Crippen LogP contribution < -0.4 is 19.5 Å². The number of allylic oxidation sites excluding steroid dienone is 1. The molecule has 53 heavy (non-hydrogen) atoms. The molecular weight excluding hydrogens is 761 g/mol. The molecule has 4 aliphatic rings. The highest BCUT2D eigenvalue weighted by Gasteiger charge is 2.61. The van der Waals surface area contributed by atoms with Gasteiger partial charge in [0.05, 0.1) is 30.0 Å². The summed E-state index contributed by atoms with van der Waals surface area (Å²) in [5, 5.41) is 14.9. The van der Waals surface area contributed by atoms with Gasteiger partial charge >= 0.3 is 12.2 Å². The molecule has 2 aromatic heterocycles. The second-order valence-electron chi connectivity index (χ2n) is 13.9. The van der Waals surface area contributed by atoms with Crippen molar-refractivity contribution >= 4 is 55.8 Å². The van der Waals surface area contributed by atoms with Crippen LogP contribution in [0.2, 0.25) is 5.02 Å². The summed E-state index contributed by atoms with van der Waals surface area (Å²) >= 11 is 7.38. The highest BCUT2D eigenvalue weighted by atomic mass is 35.5. The monoisotopic (exact) mass is 798 g/mol. The molecule has 3 aromatic rings. The number of carbonyl (C=O) groups is 2. The first-order chi connectivity index (χ1) is 25.1. The number of fused-ring (bicyclic) bond motifs is 3. The molecule has 2 unspecified atom stereocenters. The van der Waals surface area contributed by atoms with Gasteiger partial charge in [-0.2, -0.15) is 17.9 Å². The molecule has 4 heterocycles. The van der Waals surface area contributed by atoms with Crippen LogP contribution in [0.5, 0.6) is 11.5 Å². The van der Waals surface area contributed by atoms with Crippen LogP contribution in [0, 0.1) is 5.92 Å². The fourth-order valence-corrected chi connectivity index (χ4v) is 9.47. The minimum absolute atomic E-state index is 0.0309. The Kier molecular flexibility index (Phi) is 10.1. The Bertz CT molecular complexity index is 2060. The van der Waals surface area contributed by atoms with E-state index in [2.05, 4.69) is 20.0 Å². The molecular formula is C34H38ClF3N6O7S2. The number of urea groups is 1. The van der Waals surface area contributed by atoms with E-state index in [0.29, 0.717) is 37.6 Å². The minimum Gasteiger partial charge on any atom is -0.495 e. The van der Waals surface area contributed by atoms with Crippen LogP contribution >= 0.6 is 22.9 Å². The number of likely N-dealkylation sites (N-methyl/N-ethyl adjacent to an activating group) is 1. The van der Waals surface area contributed by atoms with Gasteiger partial charge in [-0.1, -0.05) is 23.8 Å². The number of methoxy groups -OCH3 is 1. The molecule has 5 atom stereocenters. The molecule has 3 amide bonds. The number of aliphatic hydroxyl groups excluding tert-OH is 1. The number of aromatic nitrogens is 2. The number of hydrogen-bond donors (Lipinski definition) is 3. The fourth-order valence-electron chi connectivity index (χ4n) is 6.93. The van der Waals surface area contributed by atoms with E-state index in [4.69, 9.17) is 21.1 Å². The van der Waals surface area contributed by atoms with Crippen LogP contribution in [0.4, 0.5) is 18.0 Å². The fraction of sp³-hybridized carbons (Fsp3) is 0.529. The first kappa shape index (κ1) is 37.6. The van der Waals surface area contributed by atoms with Crippen LogP contribution in [0.1, 0.15) is 50.6 Å². The molecule has 1 saturated heterocycles. The Hall–Kier alpha value is -3.71. The second-order valence-corrected chi connectivity index (χ2v) is 17.1. The minimum atomic E-state index is -4.67. The molecule has 286 valence electrons. The molecule has 3 N–H and O–H groups in total. The summed E-state index contributed by atoms with van der Waals surface area (Å²) in [6, 6.07) is 3.01. The van der Waals surface area contributed by atoms with Crippen LogP contribution in [0.3, 0.4) is 0 Å². The largest absolute Gasteiger partial charge is 0.495 e. The predicted molar refractivity (Wildman–Crippen MR) is 190 cm³/mol. The Balaban J connectivity index is 1.21. The number of benzene rings is 1. The topological polar surface area (TPSA) is 163 Å². The number of amides is 3. The summed E-state index contributed by atoms with van der Waals surface area (Å²) in [7, 11) is -0.743. The Morgan fingerprint density at radius 3 is 2.66 bits per heavy atom. The summed E-state index contributed by atoms with van der Waals surface area (Å²) in [5.41, 5.74) is -2.17. The molecule has 2 aliphatic carbocycles. The molecule has 0 spiro atoms. The number of aliphatic hydroxyl groups is 1. The first-order valence-electron chi connectivity index (χ1n) is 17.2. The molecule has 0 radical (unpaired) electrons. The molecule has 2 saturated carbocycles. The van der Waals surface area contributed by atoms with Gasteiger partial charge in [0.25, 0.3) is 0 Å². The van der Waals surface area contributed by atoms with Gasteiger partial charge in [-0.05, 0) is 50.7 Å². The maximum absolute atomic E-state index is 14.2. The third-order valence-electron chi connectivity index (χ3n) is 10.2. The van der Waals surface area contributed by atoms with Crippen molar-refractivity contribution in [1.82, 2.24) is 29.8 Å². The number of sulfonamides is 1. The third kappa shape index (κ3) is 7.52. The van der Waals surface area contributed by atoms with Gasteiger partial charge < -0.3 is 29.7 Å². The number of nitrogens with zero attached hydrogens (tertiary/aromatic N) is 4. The average molecular weight is 799 g/mol. The average Bonchev–Trinajstić information content (AvgIpc) is 3.98. The van der Waals surface area contributed by atoms with Crippen molar-refractivity contribution in [3.8, 4) is 22.2 Å². The van der Waals surface area contributed by atoms with Crippen molar-refractivity contribution in [3.05, 3.63) is 46.4 Å². The molecule has 2 aliphatic heterocycles. The van der Waals surface area contributed by atoms with E-state index in [0.717, 1.165) is 23.1 Å². The van der Waals surface area contributed by atoms with Crippen molar-refractivity contribution in [3.63, 3.8) is 0 Å². The molecule has 19 heteroatoms. The Morgan fingerprint density at radius 2 is 1.96 bits per heavy atom. The predicted octanol–water partition coefficient (Wildman–Crippen LogP) is 4.93. The van der Waals surface area contributed by atoms with Gasteiger partial charge in [0.15, 0.2) is 5.69 Å². The summed E-state index contributed by atoms with van der Waals surface area (Å²) < 4.78 is 80.2. The maximum atomic E-state index is 14.2. The zero-order valence-electron chi connectivity index (χ0n) is 28.7. The number of nitrogens with one attached hydrogen (secondary N) is 2. The smallest absolute Gasteiger partial charge is 0.434 e. The lowest BCUT2D eigenvalue weighted by Gasteiger charge is -2.32. The van der Waals surface area contributed by atoms with Crippen molar-refractivity contribution in [2.75, 3.05) is 27.2 Å². The number of rotatable bonds is 8. The number of halogens is 4. The number of alkyl halides is 3. The Labute approximate surface area is 312 Å². The maximum Gasteiger partial charge on any atom is 0.434 e. The van der Waals surface area contributed by atoms with E-state index in [9.17, 15) is 36.3 Å². The third-order valence-corrected chi connectivity index (χ3v) is 13.3. The van der Waals surface area contributed by atoms with Crippen molar-refractivity contribution in [2.45, 2.75) is 80.3 Å². The molecule has 7 rings (SSSR count). The summed E-state index contributed by atoms with van der Waals surface area (Å²) in [6.07, 6.45) is 0.264. The molecule has 0 bridgehead atoms. The van der Waals surface area contributed by atoms with Gasteiger partial charge in [0, 0.05) is 42.8 Å². The first-order valence-corrected chi connectivity index (χ1v) is 20.0. The summed E-state index contributed by atoms with van der Waals surface area (Å²) in [6.45, 7) is 0.362. The quantitative estimate of drug-likeness (QED) is 0.212.